The standard InChI is InChI=1S/C22H41/c1-3-5-7-9-11-13-15-17-19-21-22-20-18-16-14-12-10-8-6-4-2/h12,14,18,20H,1,3-11,13,15-17,19,21-22H2,2H3/b14-12-,20-18-. The van der Waals surface area contributed by atoms with E-state index in [2.05, 4.69) is 38.2 Å². The molecular weight excluding hydrogens is 264 g/mol. The molecule has 0 atom stereocenters. The fourth-order valence-corrected chi connectivity index (χ4v) is 2.70. The highest BCUT2D eigenvalue weighted by atomic mass is 14.0. The first kappa shape index (κ1) is 21.5. The summed E-state index contributed by atoms with van der Waals surface area (Å²) in [5.41, 5.74) is 0. The van der Waals surface area contributed by atoms with Gasteiger partial charge >= 0.3 is 0 Å². The first-order chi connectivity index (χ1) is 10.9. The Morgan fingerprint density at radius 3 is 1.50 bits per heavy atom. The summed E-state index contributed by atoms with van der Waals surface area (Å²) in [6, 6.07) is 0. The van der Waals surface area contributed by atoms with Crippen molar-refractivity contribution in [3.8, 4) is 0 Å². The number of hydrogen-bond donors (Lipinski definition) is 0. The van der Waals surface area contributed by atoms with Gasteiger partial charge in [0.05, 0.1) is 0 Å². The lowest BCUT2D eigenvalue weighted by Crippen LogP contribution is -1.81. The van der Waals surface area contributed by atoms with Crippen molar-refractivity contribution in [1.29, 1.82) is 0 Å². The van der Waals surface area contributed by atoms with Crippen molar-refractivity contribution in [2.75, 3.05) is 0 Å². The van der Waals surface area contributed by atoms with E-state index in [1.807, 2.05) is 0 Å². The van der Waals surface area contributed by atoms with E-state index < -0.39 is 0 Å². The maximum absolute atomic E-state index is 3.89. The van der Waals surface area contributed by atoms with E-state index in [0.29, 0.717) is 0 Å². The number of allylic oxidation sites excluding steroid dienone is 4. The van der Waals surface area contributed by atoms with Crippen LogP contribution in [0.2, 0.25) is 0 Å². The highest BCUT2D eigenvalue weighted by molar-refractivity contribution is 4.92. The van der Waals surface area contributed by atoms with E-state index in [0.717, 1.165) is 12.8 Å². The molecule has 0 amide bonds. The quantitative estimate of drug-likeness (QED) is 0.188. The van der Waals surface area contributed by atoms with Gasteiger partial charge in [0.1, 0.15) is 0 Å². The van der Waals surface area contributed by atoms with Crippen molar-refractivity contribution in [2.45, 2.75) is 110 Å². The van der Waals surface area contributed by atoms with Crippen LogP contribution in [0.4, 0.5) is 0 Å². The van der Waals surface area contributed by atoms with Gasteiger partial charge in [-0.15, -0.1) is 0 Å². The fraction of sp³-hybridized carbons (Fsp3) is 0.773. The normalized spacial score (nSPS) is 11.9. The highest BCUT2D eigenvalue weighted by Crippen LogP contribution is 2.11. The summed E-state index contributed by atoms with van der Waals surface area (Å²) in [6.07, 6.45) is 30.8. The zero-order chi connectivity index (χ0) is 16.1. The van der Waals surface area contributed by atoms with Crippen LogP contribution in [0, 0.1) is 6.92 Å². The first-order valence-electron chi connectivity index (χ1n) is 10.0. The Balaban J connectivity index is 3.11. The van der Waals surface area contributed by atoms with Crippen molar-refractivity contribution in [3.63, 3.8) is 0 Å². The van der Waals surface area contributed by atoms with Gasteiger partial charge in [-0.1, -0.05) is 109 Å². The number of hydrogen-bond acceptors (Lipinski definition) is 0. The summed E-state index contributed by atoms with van der Waals surface area (Å²) in [4.78, 5) is 0. The molecule has 0 aromatic carbocycles. The van der Waals surface area contributed by atoms with Crippen LogP contribution >= 0.6 is 0 Å². The van der Waals surface area contributed by atoms with Crippen LogP contribution in [0.15, 0.2) is 24.3 Å². The molecule has 0 saturated heterocycles. The lowest BCUT2D eigenvalue weighted by Gasteiger charge is -2.01. The molecule has 0 fully saturated rings. The summed E-state index contributed by atoms with van der Waals surface area (Å²) < 4.78 is 0. The number of rotatable bonds is 17. The molecule has 0 unspecified atom stereocenters. The third kappa shape index (κ3) is 19.5. The Hall–Kier alpha value is -0.520. The van der Waals surface area contributed by atoms with Gasteiger partial charge < -0.3 is 0 Å². The van der Waals surface area contributed by atoms with Crippen LogP contribution in [-0.2, 0) is 0 Å². The van der Waals surface area contributed by atoms with Gasteiger partial charge in [0.25, 0.3) is 0 Å². The minimum Gasteiger partial charge on any atom is -0.0882 e. The Morgan fingerprint density at radius 2 is 1.00 bits per heavy atom. The second-order valence-electron chi connectivity index (χ2n) is 6.50. The maximum Gasteiger partial charge on any atom is -0.0169 e. The Kier molecular flexibility index (Phi) is 20.0. The van der Waals surface area contributed by atoms with E-state index in [1.54, 1.807) is 0 Å². The largest absolute Gasteiger partial charge is 0.0882 e. The van der Waals surface area contributed by atoms with Gasteiger partial charge in [0, 0.05) is 0 Å². The third-order valence-electron chi connectivity index (χ3n) is 4.20. The lowest BCUT2D eigenvalue weighted by atomic mass is 10.1. The van der Waals surface area contributed by atoms with Gasteiger partial charge in [-0.25, -0.2) is 0 Å². The predicted molar refractivity (Wildman–Crippen MR) is 103 cm³/mol. The molecule has 0 saturated carbocycles. The van der Waals surface area contributed by atoms with Gasteiger partial charge in [0.15, 0.2) is 0 Å². The van der Waals surface area contributed by atoms with Crippen molar-refractivity contribution in [2.24, 2.45) is 0 Å². The van der Waals surface area contributed by atoms with Gasteiger partial charge in [-0.05, 0) is 32.1 Å². The Labute approximate surface area is 141 Å². The molecule has 0 aromatic heterocycles. The molecule has 0 spiro atoms. The average Bonchev–Trinajstić information content (AvgIpc) is 2.54. The van der Waals surface area contributed by atoms with E-state index in [-0.39, 0.29) is 0 Å². The van der Waals surface area contributed by atoms with Crippen LogP contribution in [0.1, 0.15) is 110 Å². The SMILES string of the molecule is [CH2]CCCCCCCCCCC/C=C\C/C=C\CCCCC. The molecule has 0 heteroatoms. The Bertz CT molecular complexity index is 236. The third-order valence-corrected chi connectivity index (χ3v) is 4.20. The topological polar surface area (TPSA) is 0 Å². The molecule has 1 radical (unpaired) electrons. The van der Waals surface area contributed by atoms with Crippen LogP contribution in [0.5, 0.6) is 0 Å². The van der Waals surface area contributed by atoms with Gasteiger partial charge in [-0.3, -0.25) is 0 Å². The minimum absolute atomic E-state index is 1.11. The second-order valence-corrected chi connectivity index (χ2v) is 6.50. The molecule has 0 aliphatic carbocycles. The molecule has 0 rings (SSSR count). The van der Waals surface area contributed by atoms with E-state index in [9.17, 15) is 0 Å². The van der Waals surface area contributed by atoms with E-state index >= 15 is 0 Å². The summed E-state index contributed by atoms with van der Waals surface area (Å²) in [5.74, 6) is 0. The summed E-state index contributed by atoms with van der Waals surface area (Å²) in [6.45, 7) is 6.15. The molecule has 0 aromatic rings. The van der Waals surface area contributed by atoms with Crippen LogP contribution in [-0.4, -0.2) is 0 Å². The highest BCUT2D eigenvalue weighted by Gasteiger charge is 1.91. The summed E-state index contributed by atoms with van der Waals surface area (Å²) in [5, 5.41) is 0. The minimum atomic E-state index is 1.11. The first-order valence-corrected chi connectivity index (χ1v) is 10.0. The molecule has 0 heterocycles. The lowest BCUT2D eigenvalue weighted by molar-refractivity contribution is 0.561. The zero-order valence-corrected chi connectivity index (χ0v) is 15.3. The monoisotopic (exact) mass is 305 g/mol. The summed E-state index contributed by atoms with van der Waals surface area (Å²) in [7, 11) is 0. The second kappa shape index (κ2) is 20.5. The Morgan fingerprint density at radius 1 is 0.545 bits per heavy atom. The fourth-order valence-electron chi connectivity index (χ4n) is 2.70. The van der Waals surface area contributed by atoms with Gasteiger partial charge in [0.2, 0.25) is 0 Å². The summed E-state index contributed by atoms with van der Waals surface area (Å²) >= 11 is 0. The smallest absolute Gasteiger partial charge is 0.0169 e. The molecule has 0 bridgehead atoms. The van der Waals surface area contributed by atoms with Crippen LogP contribution in [0.3, 0.4) is 0 Å². The maximum atomic E-state index is 3.89. The van der Waals surface area contributed by atoms with Crippen LogP contribution in [0.25, 0.3) is 0 Å². The average molecular weight is 306 g/mol. The predicted octanol–water partition coefficient (Wildman–Crippen LogP) is 8.19. The van der Waals surface area contributed by atoms with Gasteiger partial charge in [-0.2, -0.15) is 0 Å². The number of unbranched alkanes of at least 4 members (excludes halogenated alkanes) is 13. The van der Waals surface area contributed by atoms with Crippen LogP contribution < -0.4 is 0 Å². The van der Waals surface area contributed by atoms with E-state index in [4.69, 9.17) is 0 Å². The molecular formula is C22H41. The molecule has 0 aliphatic heterocycles. The zero-order valence-electron chi connectivity index (χ0n) is 15.3. The molecule has 129 valence electrons. The van der Waals surface area contributed by atoms with Crippen molar-refractivity contribution in [1.82, 2.24) is 0 Å². The van der Waals surface area contributed by atoms with E-state index in [1.165, 1.54) is 89.9 Å². The molecule has 0 nitrogen and oxygen atoms in total. The molecule has 22 heavy (non-hydrogen) atoms. The van der Waals surface area contributed by atoms with Crippen molar-refractivity contribution in [3.05, 3.63) is 31.2 Å². The molecule has 0 aliphatic rings. The van der Waals surface area contributed by atoms with Crippen molar-refractivity contribution >= 4 is 0 Å². The molecule has 0 N–H and O–H groups in total. The van der Waals surface area contributed by atoms with Crippen molar-refractivity contribution < 1.29 is 0 Å².